The molecule has 2 amide bonds. The fourth-order valence-corrected chi connectivity index (χ4v) is 11.0. The predicted molar refractivity (Wildman–Crippen MR) is 262 cm³/mol. The third-order valence-electron chi connectivity index (χ3n) is 14.6. The number of nitrogens with one attached hydrogen (secondary N) is 2. The molecule has 3 N–H and O–H groups in total. The van der Waals surface area contributed by atoms with E-state index in [1.807, 2.05) is 0 Å². The fourth-order valence-electron chi connectivity index (χ4n) is 11.0. The van der Waals surface area contributed by atoms with Gasteiger partial charge in [-0.05, 0) is 69.0 Å². The van der Waals surface area contributed by atoms with Crippen LogP contribution in [0.2, 0.25) is 0 Å². The molecule has 4 aliphatic rings. The van der Waals surface area contributed by atoms with E-state index in [0.717, 1.165) is 6.92 Å². The highest BCUT2D eigenvalue weighted by Crippen LogP contribution is 2.65. The molecule has 1 heterocycles. The van der Waals surface area contributed by atoms with E-state index in [4.69, 9.17) is 50.9 Å². The number of hydrogen-bond acceptors (Lipinski definition) is 17. The Kier molecular flexibility index (Phi) is 13.8. The van der Waals surface area contributed by atoms with E-state index in [2.05, 4.69) is 10.6 Å². The Labute approximate surface area is 438 Å². The lowest BCUT2D eigenvalue weighted by Crippen LogP contribution is -2.82. The van der Waals surface area contributed by atoms with Crippen molar-refractivity contribution < 1.29 is 89.5 Å². The van der Waals surface area contributed by atoms with E-state index >= 15 is 9.59 Å². The maximum absolute atomic E-state index is 16.2. The van der Waals surface area contributed by atoms with Gasteiger partial charge < -0.3 is 58.4 Å². The average molecular weight is 1030 g/mol. The summed E-state index contributed by atoms with van der Waals surface area (Å²) in [7, 11) is -6.68. The van der Waals surface area contributed by atoms with Crippen LogP contribution in [-0.4, -0.2) is 128 Å². The fraction of sp³-hybridized carbons (Fsp3) is 0.509. The van der Waals surface area contributed by atoms with Gasteiger partial charge in [0.2, 0.25) is 6.10 Å². The maximum Gasteiger partial charge on any atom is 0.408 e. The van der Waals surface area contributed by atoms with Crippen LogP contribution in [0.15, 0.2) is 102 Å². The molecule has 3 aliphatic carbocycles. The zero-order chi connectivity index (χ0) is 59.0. The van der Waals surface area contributed by atoms with Gasteiger partial charge in [0.1, 0.15) is 54.8 Å². The molecule has 398 valence electrons. The molecule has 3 aromatic carbocycles. The largest absolute Gasteiger partial charge is 0.455 e. The SMILES string of the molecule is [2H]C([2H])([2H])O[C@H]1C(=O)[C@]2(C)[C@@H](OC([2H])([2H])[2H])C[C@H]3OC[C@@]3(OC(C)=O)[C@H]2[C@H](OC(=O)c2ccccc2)[C@]2(O)C[C@H](OC(=O)[C@H](OC(=O)CNC(=O)OCc3ccccc3)[C@@H](NC(=O)OC(C)(C)C)c3ccccc3)C(C)=C1C2(C)C. The lowest BCUT2D eigenvalue weighted by atomic mass is 9.44. The minimum absolute atomic E-state index is 0.0690. The van der Waals surface area contributed by atoms with Gasteiger partial charge in [-0.15, -0.1) is 0 Å². The number of esters is 4. The number of ketones is 1. The third-order valence-corrected chi connectivity index (χ3v) is 14.6. The number of carbonyl (C=O) groups excluding carboxylic acids is 7. The first-order chi connectivity index (χ1) is 37.2. The van der Waals surface area contributed by atoms with Crippen molar-refractivity contribution in [3.63, 3.8) is 0 Å². The van der Waals surface area contributed by atoms with Gasteiger partial charge in [-0.3, -0.25) is 14.4 Å². The molecular weight excluding hydrogens is 961 g/mol. The molecule has 0 unspecified atom stereocenters. The third kappa shape index (κ3) is 10.6. The molecule has 0 radical (unpaired) electrons. The van der Waals surface area contributed by atoms with Crippen LogP contribution in [0.1, 0.15) is 104 Å². The molecule has 7 rings (SSSR count). The summed E-state index contributed by atoms with van der Waals surface area (Å²) in [6.07, 6.45) is -14.8. The molecule has 0 aromatic heterocycles. The first kappa shape index (κ1) is 47.1. The van der Waals surface area contributed by atoms with Crippen LogP contribution in [0, 0.1) is 16.7 Å². The molecule has 2 bridgehead atoms. The monoisotopic (exact) mass is 1030 g/mol. The van der Waals surface area contributed by atoms with Gasteiger partial charge in [0.25, 0.3) is 0 Å². The van der Waals surface area contributed by atoms with Crippen LogP contribution in [0.3, 0.4) is 0 Å². The van der Waals surface area contributed by atoms with Crippen molar-refractivity contribution in [3.05, 3.63) is 119 Å². The molecule has 19 nitrogen and oxygen atoms in total. The Hall–Kier alpha value is -6.67. The number of ether oxygens (including phenoxy) is 9. The Morgan fingerprint density at radius 2 is 1.51 bits per heavy atom. The number of methoxy groups -OCH3 is 2. The van der Waals surface area contributed by atoms with E-state index in [0.29, 0.717) is 5.56 Å². The second-order valence-electron chi connectivity index (χ2n) is 20.6. The lowest BCUT2D eigenvalue weighted by Gasteiger charge is -2.67. The molecule has 3 fully saturated rings. The normalized spacial score (nSPS) is 30.2. The smallest absolute Gasteiger partial charge is 0.408 e. The zero-order valence-electron chi connectivity index (χ0n) is 48.3. The number of benzene rings is 3. The number of hydrogen-bond donors (Lipinski definition) is 3. The van der Waals surface area contributed by atoms with Gasteiger partial charge in [-0.25, -0.2) is 19.2 Å². The Bertz CT molecular complexity index is 2850. The number of Topliss-reactive ketones (excluding diaryl/α,β-unsaturated/α-hetero) is 1. The number of amides is 2. The zero-order valence-corrected chi connectivity index (χ0v) is 42.3. The summed E-state index contributed by atoms with van der Waals surface area (Å²) >= 11 is 0. The Morgan fingerprint density at radius 1 is 0.878 bits per heavy atom. The highest BCUT2D eigenvalue weighted by Gasteiger charge is 2.78. The van der Waals surface area contributed by atoms with E-state index in [9.17, 15) is 29.1 Å². The van der Waals surface area contributed by atoms with Crippen molar-refractivity contribution in [1.29, 1.82) is 0 Å². The average Bonchev–Trinajstić information content (AvgIpc) is 1.57. The van der Waals surface area contributed by atoms with Crippen molar-refractivity contribution in [2.75, 3.05) is 27.2 Å². The van der Waals surface area contributed by atoms with Gasteiger partial charge in [0, 0.05) is 39.3 Å². The molecule has 0 spiro atoms. The number of aliphatic hydroxyl groups is 1. The Balaban J connectivity index is 1.41. The summed E-state index contributed by atoms with van der Waals surface area (Å²) in [5, 5.41) is 19.0. The minimum Gasteiger partial charge on any atom is -0.455 e. The van der Waals surface area contributed by atoms with Crippen molar-refractivity contribution in [2.24, 2.45) is 16.7 Å². The van der Waals surface area contributed by atoms with Crippen molar-refractivity contribution in [2.45, 2.75) is 134 Å². The number of rotatable bonds is 15. The molecule has 11 atom stereocenters. The lowest BCUT2D eigenvalue weighted by molar-refractivity contribution is -0.347. The van der Waals surface area contributed by atoms with Crippen LogP contribution in [0.4, 0.5) is 9.59 Å². The van der Waals surface area contributed by atoms with Crippen LogP contribution in [-0.2, 0) is 68.4 Å². The van der Waals surface area contributed by atoms with Crippen LogP contribution in [0.5, 0.6) is 0 Å². The number of alkyl carbamates (subject to hydrolysis) is 2. The summed E-state index contributed by atoms with van der Waals surface area (Å²) < 4.78 is 103. The summed E-state index contributed by atoms with van der Waals surface area (Å²) in [6.45, 7) is 9.62. The van der Waals surface area contributed by atoms with E-state index in [1.54, 1.807) is 75.4 Å². The second-order valence-corrected chi connectivity index (χ2v) is 20.6. The molecule has 74 heavy (non-hydrogen) atoms. The van der Waals surface area contributed by atoms with E-state index in [1.165, 1.54) is 64.1 Å². The van der Waals surface area contributed by atoms with Crippen molar-refractivity contribution in [3.8, 4) is 0 Å². The van der Waals surface area contributed by atoms with Crippen molar-refractivity contribution >= 4 is 41.8 Å². The highest BCUT2D eigenvalue weighted by atomic mass is 16.6. The topological polar surface area (TPSA) is 247 Å². The van der Waals surface area contributed by atoms with Crippen LogP contribution < -0.4 is 10.6 Å². The summed E-state index contributed by atoms with van der Waals surface area (Å²) in [6, 6.07) is 22.1. The first-order valence-corrected chi connectivity index (χ1v) is 24.0. The standard InChI is InChI=1S/C55H66N2O17/c1-31-36(70-48(62)43(41(34-22-16-12-17-23-34)57-50(64)74-51(3,4)5)71-39(59)28-56-49(63)68-29-33-20-14-11-15-21-33)27-55(65)46(72-47(61)35-24-18-13-19-25-35)44-53(8,45(60)42(67-10)40(31)52(55,6)7)37(66-9)26-38-54(44,30-69-38)73-32(2)58/h11-25,36-38,41-44,46,65H,26-30H2,1-10H3,(H,56,63)(H,57,64)/t36-,37-,38+,41-,42+,43+,44-,46-,53+,54-,55+/m0/s1/i9D3,10D3. The Morgan fingerprint density at radius 3 is 2.11 bits per heavy atom. The number of carbonyl (C=O) groups is 7. The molecule has 1 saturated heterocycles. The molecule has 1 aliphatic heterocycles. The van der Waals surface area contributed by atoms with E-state index in [-0.39, 0.29) is 28.9 Å². The maximum atomic E-state index is 16.2. The number of fused-ring (bicyclic) bond motifs is 5. The molecule has 19 heteroatoms. The molecule has 3 aromatic rings. The summed E-state index contributed by atoms with van der Waals surface area (Å²) in [5.74, 6) is -7.74. The molecule has 2 saturated carbocycles. The predicted octanol–water partition coefficient (Wildman–Crippen LogP) is 6.05. The highest BCUT2D eigenvalue weighted by molar-refractivity contribution is 5.94. The van der Waals surface area contributed by atoms with Crippen LogP contribution in [0.25, 0.3) is 0 Å². The summed E-state index contributed by atoms with van der Waals surface area (Å²) in [5.41, 5.74) is -9.93. The molecular formula is C55H66N2O17. The van der Waals surface area contributed by atoms with Gasteiger partial charge >= 0.3 is 36.1 Å². The van der Waals surface area contributed by atoms with E-state index < -0.39 is 158 Å². The second kappa shape index (κ2) is 21.7. The first-order valence-electron chi connectivity index (χ1n) is 27.0. The van der Waals surface area contributed by atoms with Gasteiger partial charge in [-0.2, -0.15) is 0 Å². The van der Waals surface area contributed by atoms with Crippen LogP contribution >= 0.6 is 0 Å². The van der Waals surface area contributed by atoms with Crippen molar-refractivity contribution in [1.82, 2.24) is 10.6 Å². The van der Waals surface area contributed by atoms with Gasteiger partial charge in [0.05, 0.1) is 37.8 Å². The minimum atomic E-state index is -3.43. The summed E-state index contributed by atoms with van der Waals surface area (Å²) in [4.78, 5) is 99.9. The quantitative estimate of drug-likeness (QED) is 0.0891. The van der Waals surface area contributed by atoms with Gasteiger partial charge in [-0.1, -0.05) is 92.7 Å². The van der Waals surface area contributed by atoms with Gasteiger partial charge in [0.15, 0.2) is 11.4 Å².